The molecule has 7 nitrogen and oxygen atoms in total. The predicted octanol–water partition coefficient (Wildman–Crippen LogP) is 2.30. The van der Waals surface area contributed by atoms with Gasteiger partial charge in [0.25, 0.3) is 5.91 Å². The Bertz CT molecular complexity index is 881. The van der Waals surface area contributed by atoms with Crippen LogP contribution < -0.4 is 5.32 Å². The molecule has 0 saturated heterocycles. The van der Waals surface area contributed by atoms with E-state index in [-0.39, 0.29) is 17.4 Å². The lowest BCUT2D eigenvalue weighted by Gasteiger charge is -2.41. The van der Waals surface area contributed by atoms with Crippen molar-refractivity contribution in [3.8, 4) is 0 Å². The highest BCUT2D eigenvalue weighted by molar-refractivity contribution is 7.09. The molecule has 3 heterocycles. The first-order valence-corrected chi connectivity index (χ1v) is 11.1. The number of nitrogens with one attached hydrogen (secondary N) is 1. The van der Waals surface area contributed by atoms with Gasteiger partial charge in [0.05, 0.1) is 24.3 Å². The number of carbonyl (C=O) groups is 2. The van der Waals surface area contributed by atoms with Gasteiger partial charge in [0.2, 0.25) is 5.91 Å². The van der Waals surface area contributed by atoms with Gasteiger partial charge in [0.1, 0.15) is 0 Å². The van der Waals surface area contributed by atoms with Crippen molar-refractivity contribution in [2.24, 2.45) is 7.05 Å². The molecular weight excluding hydrogens is 388 g/mol. The molecule has 1 N–H and O–H groups in total. The van der Waals surface area contributed by atoms with Crippen LogP contribution in [-0.4, -0.2) is 52.1 Å². The minimum absolute atomic E-state index is 0.158. The number of methoxy groups -OCH3 is 1. The van der Waals surface area contributed by atoms with Gasteiger partial charge in [0, 0.05) is 50.7 Å². The predicted molar refractivity (Wildman–Crippen MR) is 111 cm³/mol. The lowest BCUT2D eigenvalue weighted by atomic mass is 9.77. The second-order valence-electron chi connectivity index (χ2n) is 7.95. The van der Waals surface area contributed by atoms with Gasteiger partial charge in [-0.1, -0.05) is 6.07 Å². The summed E-state index contributed by atoms with van der Waals surface area (Å²) in [7, 11) is 3.59. The number of thiophene rings is 1. The van der Waals surface area contributed by atoms with Gasteiger partial charge < -0.3 is 19.5 Å². The molecule has 0 unspecified atom stereocenters. The zero-order valence-electron chi connectivity index (χ0n) is 17.1. The molecule has 0 bridgehead atoms. The van der Waals surface area contributed by atoms with E-state index in [1.165, 1.54) is 0 Å². The second kappa shape index (κ2) is 8.28. The van der Waals surface area contributed by atoms with Crippen molar-refractivity contribution in [2.75, 3.05) is 20.2 Å². The smallest absolute Gasteiger partial charge is 0.287 e. The van der Waals surface area contributed by atoms with Crippen molar-refractivity contribution in [3.05, 3.63) is 39.6 Å². The molecule has 29 heavy (non-hydrogen) atoms. The fourth-order valence-corrected chi connectivity index (χ4v) is 4.86. The summed E-state index contributed by atoms with van der Waals surface area (Å²) in [6.45, 7) is 1.80. The van der Waals surface area contributed by atoms with Crippen molar-refractivity contribution in [1.82, 2.24) is 19.8 Å². The van der Waals surface area contributed by atoms with E-state index in [4.69, 9.17) is 4.74 Å². The van der Waals surface area contributed by atoms with Gasteiger partial charge >= 0.3 is 0 Å². The van der Waals surface area contributed by atoms with Crippen molar-refractivity contribution < 1.29 is 14.3 Å². The monoisotopic (exact) mass is 416 g/mol. The molecule has 1 fully saturated rings. The summed E-state index contributed by atoms with van der Waals surface area (Å²) < 4.78 is 7.50. The van der Waals surface area contributed by atoms with Gasteiger partial charge in [-0.2, -0.15) is 0 Å². The number of ether oxygens (including phenoxy) is 1. The van der Waals surface area contributed by atoms with E-state index < -0.39 is 0 Å². The van der Waals surface area contributed by atoms with E-state index in [1.54, 1.807) is 18.4 Å². The lowest BCUT2D eigenvalue weighted by molar-refractivity contribution is -0.144. The molecule has 1 saturated carbocycles. The number of hydrogen-bond acceptors (Lipinski definition) is 5. The van der Waals surface area contributed by atoms with E-state index in [2.05, 4.69) is 10.3 Å². The van der Waals surface area contributed by atoms with Crippen LogP contribution in [0, 0.1) is 0 Å². The molecule has 156 valence electrons. The van der Waals surface area contributed by atoms with E-state index >= 15 is 0 Å². The third-order valence-corrected chi connectivity index (χ3v) is 7.14. The number of nitrogens with zero attached hydrogens (tertiary/aromatic N) is 3. The Morgan fingerprint density at radius 2 is 2.10 bits per heavy atom. The SMILES string of the molecule is COC1(CC(=O)N2CCc3nc(C(=O)NCc4cccs4)n(C)c3CC2)CCC1. The zero-order valence-corrected chi connectivity index (χ0v) is 17.9. The van der Waals surface area contributed by atoms with Gasteiger partial charge in [-0.3, -0.25) is 9.59 Å². The molecule has 2 aliphatic rings. The van der Waals surface area contributed by atoms with Crippen LogP contribution in [0.4, 0.5) is 0 Å². The van der Waals surface area contributed by atoms with Crippen LogP contribution in [0.25, 0.3) is 0 Å². The number of aromatic nitrogens is 2. The van der Waals surface area contributed by atoms with E-state index in [9.17, 15) is 9.59 Å². The molecule has 1 aliphatic heterocycles. The maximum Gasteiger partial charge on any atom is 0.287 e. The Balaban J connectivity index is 1.38. The maximum atomic E-state index is 12.8. The van der Waals surface area contributed by atoms with Crippen LogP contribution in [0.15, 0.2) is 17.5 Å². The Labute approximate surface area is 175 Å². The molecule has 8 heteroatoms. The first kappa shape index (κ1) is 20.1. The topological polar surface area (TPSA) is 76.5 Å². The number of carbonyl (C=O) groups excluding carboxylic acids is 2. The first-order valence-electron chi connectivity index (χ1n) is 10.2. The summed E-state index contributed by atoms with van der Waals surface area (Å²) in [6, 6.07) is 3.98. The van der Waals surface area contributed by atoms with Gasteiger partial charge in [-0.25, -0.2) is 4.98 Å². The molecule has 1 aliphatic carbocycles. The summed E-state index contributed by atoms with van der Waals surface area (Å²) in [6.07, 6.45) is 4.91. The lowest BCUT2D eigenvalue weighted by Crippen LogP contribution is -2.45. The third-order valence-electron chi connectivity index (χ3n) is 6.26. The van der Waals surface area contributed by atoms with Gasteiger partial charge in [0.15, 0.2) is 5.82 Å². The number of fused-ring (bicyclic) bond motifs is 1. The first-order chi connectivity index (χ1) is 14.0. The Morgan fingerprint density at radius 1 is 1.31 bits per heavy atom. The molecule has 0 radical (unpaired) electrons. The zero-order chi connectivity index (χ0) is 20.4. The second-order valence-corrected chi connectivity index (χ2v) is 8.98. The van der Waals surface area contributed by atoms with Crippen LogP contribution in [-0.2, 0) is 36.0 Å². The average molecular weight is 417 g/mol. The molecule has 2 aromatic heterocycles. The van der Waals surface area contributed by atoms with Crippen LogP contribution in [0.3, 0.4) is 0 Å². The van der Waals surface area contributed by atoms with E-state index in [0.717, 1.165) is 35.5 Å². The summed E-state index contributed by atoms with van der Waals surface area (Å²) in [5.74, 6) is 0.446. The molecule has 2 aromatic rings. The Kier molecular flexibility index (Phi) is 5.74. The van der Waals surface area contributed by atoms with E-state index in [1.807, 2.05) is 34.0 Å². The maximum absolute atomic E-state index is 12.8. The summed E-state index contributed by atoms with van der Waals surface area (Å²) in [5, 5.41) is 4.95. The molecule has 0 spiro atoms. The van der Waals surface area contributed by atoms with Crippen molar-refractivity contribution >= 4 is 23.2 Å². The van der Waals surface area contributed by atoms with Crippen LogP contribution in [0.5, 0.6) is 0 Å². The number of rotatable bonds is 6. The third kappa shape index (κ3) is 4.09. The average Bonchev–Trinajstić information content (AvgIpc) is 3.25. The Morgan fingerprint density at radius 3 is 2.76 bits per heavy atom. The van der Waals surface area contributed by atoms with E-state index in [0.29, 0.717) is 44.7 Å². The molecule has 0 aromatic carbocycles. The highest BCUT2D eigenvalue weighted by atomic mass is 32.1. The van der Waals surface area contributed by atoms with Crippen LogP contribution >= 0.6 is 11.3 Å². The fourth-order valence-electron chi connectivity index (χ4n) is 4.22. The van der Waals surface area contributed by atoms with Crippen molar-refractivity contribution in [3.63, 3.8) is 0 Å². The van der Waals surface area contributed by atoms with Crippen LogP contribution in [0.2, 0.25) is 0 Å². The highest BCUT2D eigenvalue weighted by Gasteiger charge is 2.40. The van der Waals surface area contributed by atoms with Gasteiger partial charge in [-0.05, 0) is 30.7 Å². The number of amides is 2. The standard InChI is InChI=1S/C21H28N4O3S/c1-24-17-7-11-25(18(26)13-21(28-2)8-4-9-21)10-6-16(17)23-19(24)20(27)22-14-15-5-3-12-29-15/h3,5,12H,4,6-11,13-14H2,1-2H3,(H,22,27). The molecule has 4 rings (SSSR count). The summed E-state index contributed by atoms with van der Waals surface area (Å²) in [5.41, 5.74) is 1.73. The quantitative estimate of drug-likeness (QED) is 0.784. The number of hydrogen-bond donors (Lipinski definition) is 1. The highest BCUT2D eigenvalue weighted by Crippen LogP contribution is 2.38. The largest absolute Gasteiger partial charge is 0.378 e. The summed E-state index contributed by atoms with van der Waals surface area (Å²) >= 11 is 1.62. The number of imidazole rings is 1. The molecular formula is C21H28N4O3S. The minimum atomic E-state index is -0.248. The van der Waals surface area contributed by atoms with Crippen LogP contribution in [0.1, 0.15) is 52.6 Å². The molecule has 2 amide bonds. The van der Waals surface area contributed by atoms with Crippen molar-refractivity contribution in [2.45, 2.75) is 50.7 Å². The van der Waals surface area contributed by atoms with Gasteiger partial charge in [-0.15, -0.1) is 11.3 Å². The fraction of sp³-hybridized carbons (Fsp3) is 0.571. The molecule has 0 atom stereocenters. The summed E-state index contributed by atoms with van der Waals surface area (Å²) in [4.78, 5) is 33.1. The minimum Gasteiger partial charge on any atom is -0.378 e. The van der Waals surface area contributed by atoms with Crippen molar-refractivity contribution in [1.29, 1.82) is 0 Å². The normalized spacial score (nSPS) is 17.9. The Hall–Kier alpha value is -2.19.